The van der Waals surface area contributed by atoms with Gasteiger partial charge in [0.2, 0.25) is 0 Å². The highest BCUT2D eigenvalue weighted by atomic mass is 35.5. The van der Waals surface area contributed by atoms with Gasteiger partial charge in [0.05, 0.1) is 11.1 Å². The first kappa shape index (κ1) is 15.7. The number of nitrogens with zero attached hydrogens (tertiary/aromatic N) is 1. The average Bonchev–Trinajstić information content (AvgIpc) is 2.46. The van der Waals surface area contributed by atoms with Gasteiger partial charge in [-0.1, -0.05) is 35.3 Å². The normalized spacial score (nSPS) is 12.0. The Kier molecular flexibility index (Phi) is 4.76. The predicted octanol–water partition coefficient (Wildman–Crippen LogP) is 4.47. The summed E-state index contributed by atoms with van der Waals surface area (Å²) < 4.78 is 0. The summed E-state index contributed by atoms with van der Waals surface area (Å²) in [6.07, 6.45) is 0. The Morgan fingerprint density at radius 3 is 2.29 bits per heavy atom. The van der Waals surface area contributed by atoms with Crippen LogP contribution in [0.2, 0.25) is 10.0 Å². The lowest BCUT2D eigenvalue weighted by atomic mass is 10.1. The van der Waals surface area contributed by atoms with Crippen LogP contribution in [0, 0.1) is 5.41 Å². The van der Waals surface area contributed by atoms with Gasteiger partial charge in [0.25, 0.3) is 0 Å². The number of benzene rings is 2. The maximum absolute atomic E-state index is 7.46. The fourth-order valence-corrected chi connectivity index (χ4v) is 2.53. The van der Waals surface area contributed by atoms with Crippen LogP contribution in [0.25, 0.3) is 0 Å². The zero-order chi connectivity index (χ0) is 15.6. The summed E-state index contributed by atoms with van der Waals surface area (Å²) in [6.45, 7) is 2.11. The Bertz CT molecular complexity index is 653. The topological polar surface area (TPSA) is 53.1 Å². The lowest BCUT2D eigenvalue weighted by Crippen LogP contribution is -2.22. The fourth-order valence-electron chi connectivity index (χ4n) is 2.13. The van der Waals surface area contributed by atoms with E-state index in [0.717, 1.165) is 16.3 Å². The first-order valence-electron chi connectivity index (χ1n) is 6.52. The summed E-state index contributed by atoms with van der Waals surface area (Å²) in [5.74, 6) is -0.0278. The van der Waals surface area contributed by atoms with Gasteiger partial charge in [0, 0.05) is 23.3 Å². The second-order valence-electron chi connectivity index (χ2n) is 4.92. The van der Waals surface area contributed by atoms with Gasteiger partial charge in [-0.3, -0.25) is 5.41 Å². The standard InChI is InChI=1S/C16H17Cl2N3/c1-10(11-3-5-12(17)6-4-11)21(2)13-7-8-14(16(19)20)15(18)9-13/h3-10H,1-2H3,(H3,19,20). The van der Waals surface area contributed by atoms with Crippen LogP contribution in [-0.4, -0.2) is 12.9 Å². The lowest BCUT2D eigenvalue weighted by molar-refractivity contribution is 0.740. The summed E-state index contributed by atoms with van der Waals surface area (Å²) in [6, 6.07) is 13.5. The van der Waals surface area contributed by atoms with Crippen molar-refractivity contribution in [1.82, 2.24) is 0 Å². The molecule has 5 heteroatoms. The molecule has 2 rings (SSSR count). The van der Waals surface area contributed by atoms with Crippen LogP contribution < -0.4 is 10.6 Å². The summed E-state index contributed by atoms with van der Waals surface area (Å²) in [4.78, 5) is 2.11. The molecule has 2 aromatic carbocycles. The smallest absolute Gasteiger partial charge is 0.124 e. The molecule has 0 radical (unpaired) electrons. The zero-order valence-electron chi connectivity index (χ0n) is 11.9. The van der Waals surface area contributed by atoms with E-state index in [-0.39, 0.29) is 11.9 Å². The van der Waals surface area contributed by atoms with Crippen molar-refractivity contribution >= 4 is 34.7 Å². The largest absolute Gasteiger partial charge is 0.384 e. The Morgan fingerprint density at radius 2 is 1.76 bits per heavy atom. The molecule has 2 aromatic rings. The number of rotatable bonds is 4. The van der Waals surface area contributed by atoms with Crippen molar-refractivity contribution in [2.75, 3.05) is 11.9 Å². The number of anilines is 1. The number of nitrogen functional groups attached to an aromatic ring is 1. The molecule has 0 aromatic heterocycles. The van der Waals surface area contributed by atoms with Crippen molar-refractivity contribution in [2.24, 2.45) is 5.73 Å². The summed E-state index contributed by atoms with van der Waals surface area (Å²) in [5, 5.41) is 8.67. The number of halogens is 2. The second kappa shape index (κ2) is 6.37. The molecule has 21 heavy (non-hydrogen) atoms. The number of nitrogens with two attached hydrogens (primary N) is 1. The van der Waals surface area contributed by atoms with Crippen LogP contribution in [0.1, 0.15) is 24.1 Å². The van der Waals surface area contributed by atoms with E-state index in [2.05, 4.69) is 11.8 Å². The molecule has 0 saturated heterocycles. The molecule has 0 spiro atoms. The summed E-state index contributed by atoms with van der Waals surface area (Å²) in [5.41, 5.74) is 8.15. The third-order valence-electron chi connectivity index (χ3n) is 3.58. The maximum Gasteiger partial charge on any atom is 0.124 e. The first-order chi connectivity index (χ1) is 9.90. The van der Waals surface area contributed by atoms with E-state index in [0.29, 0.717) is 10.6 Å². The second-order valence-corrected chi connectivity index (χ2v) is 5.76. The highest BCUT2D eigenvalue weighted by molar-refractivity contribution is 6.34. The minimum Gasteiger partial charge on any atom is -0.384 e. The Labute approximate surface area is 134 Å². The van der Waals surface area contributed by atoms with E-state index in [1.165, 1.54) is 0 Å². The Morgan fingerprint density at radius 1 is 1.14 bits per heavy atom. The van der Waals surface area contributed by atoms with Crippen molar-refractivity contribution < 1.29 is 0 Å². The highest BCUT2D eigenvalue weighted by Gasteiger charge is 2.14. The van der Waals surface area contributed by atoms with Gasteiger partial charge in [-0.25, -0.2) is 0 Å². The van der Waals surface area contributed by atoms with Gasteiger partial charge >= 0.3 is 0 Å². The van der Waals surface area contributed by atoms with E-state index in [9.17, 15) is 0 Å². The van der Waals surface area contributed by atoms with Crippen LogP contribution in [0.5, 0.6) is 0 Å². The number of amidine groups is 1. The van der Waals surface area contributed by atoms with Crippen molar-refractivity contribution in [3.8, 4) is 0 Å². The molecular weight excluding hydrogens is 305 g/mol. The predicted molar refractivity (Wildman–Crippen MR) is 90.7 cm³/mol. The first-order valence-corrected chi connectivity index (χ1v) is 7.28. The molecule has 0 fully saturated rings. The van der Waals surface area contributed by atoms with E-state index in [1.807, 2.05) is 43.4 Å². The van der Waals surface area contributed by atoms with Gasteiger partial charge in [-0.2, -0.15) is 0 Å². The van der Waals surface area contributed by atoms with Gasteiger partial charge in [0.15, 0.2) is 0 Å². The van der Waals surface area contributed by atoms with E-state index < -0.39 is 0 Å². The lowest BCUT2D eigenvalue weighted by Gasteiger charge is -2.28. The quantitative estimate of drug-likeness (QED) is 0.644. The molecule has 1 atom stereocenters. The molecule has 0 aliphatic rings. The van der Waals surface area contributed by atoms with E-state index in [1.54, 1.807) is 6.07 Å². The van der Waals surface area contributed by atoms with E-state index in [4.69, 9.17) is 34.3 Å². The monoisotopic (exact) mass is 321 g/mol. The van der Waals surface area contributed by atoms with Crippen molar-refractivity contribution in [3.63, 3.8) is 0 Å². The number of nitrogens with one attached hydrogen (secondary N) is 1. The Hall–Kier alpha value is -1.71. The van der Waals surface area contributed by atoms with Gasteiger partial charge in [0.1, 0.15) is 5.84 Å². The molecule has 0 aliphatic carbocycles. The maximum atomic E-state index is 7.46. The zero-order valence-corrected chi connectivity index (χ0v) is 13.4. The number of hydrogen-bond donors (Lipinski definition) is 2. The van der Waals surface area contributed by atoms with Crippen LogP contribution in [0.15, 0.2) is 42.5 Å². The molecule has 3 N–H and O–H groups in total. The van der Waals surface area contributed by atoms with Crippen LogP contribution >= 0.6 is 23.2 Å². The summed E-state index contributed by atoms with van der Waals surface area (Å²) >= 11 is 12.1. The molecule has 110 valence electrons. The molecule has 0 amide bonds. The molecule has 0 aliphatic heterocycles. The van der Waals surface area contributed by atoms with Crippen molar-refractivity contribution in [2.45, 2.75) is 13.0 Å². The molecule has 0 bridgehead atoms. The molecule has 1 unspecified atom stereocenters. The van der Waals surface area contributed by atoms with Gasteiger partial charge in [-0.05, 0) is 42.8 Å². The van der Waals surface area contributed by atoms with Gasteiger partial charge in [-0.15, -0.1) is 0 Å². The van der Waals surface area contributed by atoms with Crippen LogP contribution in [-0.2, 0) is 0 Å². The summed E-state index contributed by atoms with van der Waals surface area (Å²) in [7, 11) is 2.00. The Balaban J connectivity index is 2.27. The molecule has 0 heterocycles. The molecule has 0 saturated carbocycles. The van der Waals surface area contributed by atoms with Crippen molar-refractivity contribution in [1.29, 1.82) is 5.41 Å². The van der Waals surface area contributed by atoms with Crippen molar-refractivity contribution in [3.05, 3.63) is 63.6 Å². The fraction of sp³-hybridized carbons (Fsp3) is 0.188. The number of hydrogen-bond acceptors (Lipinski definition) is 2. The van der Waals surface area contributed by atoms with E-state index >= 15 is 0 Å². The average molecular weight is 322 g/mol. The van der Waals surface area contributed by atoms with Crippen LogP contribution in [0.3, 0.4) is 0 Å². The SMILES string of the molecule is CC(c1ccc(Cl)cc1)N(C)c1ccc(C(=N)N)c(Cl)c1. The molecular formula is C16H17Cl2N3. The highest BCUT2D eigenvalue weighted by Crippen LogP contribution is 2.29. The minimum absolute atomic E-state index is 0.0278. The molecule has 3 nitrogen and oxygen atoms in total. The van der Waals surface area contributed by atoms with Gasteiger partial charge < -0.3 is 10.6 Å². The van der Waals surface area contributed by atoms with Crippen LogP contribution in [0.4, 0.5) is 5.69 Å². The third kappa shape index (κ3) is 3.49. The minimum atomic E-state index is -0.0278. The third-order valence-corrected chi connectivity index (χ3v) is 4.15.